The van der Waals surface area contributed by atoms with Crippen molar-refractivity contribution in [1.82, 2.24) is 5.32 Å². The zero-order valence-electron chi connectivity index (χ0n) is 47.2. The lowest BCUT2D eigenvalue weighted by Crippen LogP contribution is -2.45. The number of carbonyl (C=O) groups excluding carboxylic acids is 1. The molecule has 3 unspecified atom stereocenters. The molecule has 0 bridgehead atoms. The molecule has 0 radical (unpaired) electrons. The molecule has 0 aliphatic rings. The average Bonchev–Trinajstić information content (AvgIpc) is 3.32. The first-order chi connectivity index (χ1) is 34.0. The number of hydrogen-bond acceptors (Lipinski definition) is 6. The van der Waals surface area contributed by atoms with E-state index in [2.05, 4.69) is 43.5 Å². The van der Waals surface area contributed by atoms with Gasteiger partial charge in [0.15, 0.2) is 0 Å². The molecular formula is C61H119N2O6P. The van der Waals surface area contributed by atoms with E-state index in [0.29, 0.717) is 17.4 Å². The van der Waals surface area contributed by atoms with Gasteiger partial charge in [0.05, 0.1) is 39.9 Å². The molecule has 0 saturated carbocycles. The van der Waals surface area contributed by atoms with E-state index in [9.17, 15) is 19.4 Å². The van der Waals surface area contributed by atoms with Crippen molar-refractivity contribution in [3.05, 3.63) is 36.5 Å². The van der Waals surface area contributed by atoms with Crippen molar-refractivity contribution in [2.75, 3.05) is 40.9 Å². The van der Waals surface area contributed by atoms with Gasteiger partial charge in [0.25, 0.3) is 7.82 Å². The molecule has 3 atom stereocenters. The number of carbonyl (C=O) groups is 1. The Hall–Kier alpha value is -1.28. The van der Waals surface area contributed by atoms with Gasteiger partial charge in [-0.15, -0.1) is 0 Å². The molecule has 0 saturated heterocycles. The van der Waals surface area contributed by atoms with Gasteiger partial charge in [-0.05, 0) is 51.4 Å². The number of rotatable bonds is 56. The maximum atomic E-state index is 13.0. The number of aliphatic hydroxyl groups excluding tert-OH is 1. The minimum atomic E-state index is -4.60. The number of phosphoric ester groups is 1. The monoisotopic (exact) mass is 1010 g/mol. The summed E-state index contributed by atoms with van der Waals surface area (Å²) in [5.41, 5.74) is 0. The Kier molecular flexibility index (Phi) is 51.6. The molecule has 0 aliphatic heterocycles. The number of unbranched alkanes of at least 4 members (excludes halogenated alkanes) is 39. The normalized spacial score (nSPS) is 14.1. The van der Waals surface area contributed by atoms with E-state index in [0.717, 1.165) is 44.9 Å². The first-order valence-electron chi connectivity index (χ1n) is 30.4. The fraction of sp³-hybridized carbons (Fsp3) is 0.885. The van der Waals surface area contributed by atoms with Gasteiger partial charge in [-0.1, -0.05) is 275 Å². The van der Waals surface area contributed by atoms with Crippen LogP contribution in [0.15, 0.2) is 36.5 Å². The predicted molar refractivity (Wildman–Crippen MR) is 302 cm³/mol. The highest BCUT2D eigenvalue weighted by Crippen LogP contribution is 2.38. The maximum absolute atomic E-state index is 13.0. The summed E-state index contributed by atoms with van der Waals surface area (Å²) in [7, 11) is 1.27. The maximum Gasteiger partial charge on any atom is 0.268 e. The summed E-state index contributed by atoms with van der Waals surface area (Å²) in [6, 6.07) is -0.886. The quantitative estimate of drug-likeness (QED) is 0.0272. The van der Waals surface area contributed by atoms with Crippen LogP contribution in [0.1, 0.15) is 296 Å². The van der Waals surface area contributed by atoms with Gasteiger partial charge in [0.1, 0.15) is 13.2 Å². The summed E-state index contributed by atoms with van der Waals surface area (Å²) >= 11 is 0. The Balaban J connectivity index is 4.15. The van der Waals surface area contributed by atoms with Crippen molar-refractivity contribution in [3.8, 4) is 0 Å². The minimum absolute atomic E-state index is 0.000234. The Labute approximate surface area is 436 Å². The lowest BCUT2D eigenvalue weighted by molar-refractivity contribution is -0.870. The van der Waals surface area contributed by atoms with Gasteiger partial charge in [-0.25, -0.2) is 0 Å². The van der Waals surface area contributed by atoms with Crippen LogP contribution in [0.3, 0.4) is 0 Å². The highest BCUT2D eigenvalue weighted by molar-refractivity contribution is 7.45. The van der Waals surface area contributed by atoms with Crippen LogP contribution in [-0.2, 0) is 18.4 Å². The summed E-state index contributed by atoms with van der Waals surface area (Å²) in [4.78, 5) is 25.5. The van der Waals surface area contributed by atoms with Crippen molar-refractivity contribution in [2.45, 2.75) is 309 Å². The van der Waals surface area contributed by atoms with Crippen LogP contribution in [0.25, 0.3) is 0 Å². The van der Waals surface area contributed by atoms with E-state index in [1.165, 1.54) is 231 Å². The molecule has 70 heavy (non-hydrogen) atoms. The van der Waals surface area contributed by atoms with Gasteiger partial charge in [0.2, 0.25) is 5.91 Å². The molecular weight excluding hydrogens is 888 g/mol. The molecule has 414 valence electrons. The van der Waals surface area contributed by atoms with Crippen molar-refractivity contribution >= 4 is 13.7 Å². The van der Waals surface area contributed by atoms with E-state index in [-0.39, 0.29) is 19.1 Å². The van der Waals surface area contributed by atoms with Crippen LogP contribution in [0.5, 0.6) is 0 Å². The zero-order chi connectivity index (χ0) is 51.3. The van der Waals surface area contributed by atoms with Crippen molar-refractivity contribution in [1.29, 1.82) is 0 Å². The van der Waals surface area contributed by atoms with Crippen molar-refractivity contribution in [2.24, 2.45) is 0 Å². The van der Waals surface area contributed by atoms with E-state index in [4.69, 9.17) is 9.05 Å². The number of quaternary nitrogens is 1. The summed E-state index contributed by atoms with van der Waals surface area (Å²) < 4.78 is 23.4. The molecule has 9 heteroatoms. The van der Waals surface area contributed by atoms with Crippen molar-refractivity contribution < 1.29 is 32.9 Å². The Morgan fingerprint density at radius 3 is 1.19 bits per heavy atom. The second-order valence-electron chi connectivity index (χ2n) is 22.1. The molecule has 0 aromatic rings. The molecule has 0 aromatic heterocycles. The van der Waals surface area contributed by atoms with E-state index in [1.807, 2.05) is 27.2 Å². The van der Waals surface area contributed by atoms with E-state index < -0.39 is 20.0 Å². The summed E-state index contributed by atoms with van der Waals surface area (Å²) in [6.07, 6.45) is 67.9. The Morgan fingerprint density at radius 1 is 0.500 bits per heavy atom. The van der Waals surface area contributed by atoms with Gasteiger partial charge in [0, 0.05) is 6.42 Å². The molecule has 0 heterocycles. The lowest BCUT2D eigenvalue weighted by atomic mass is 10.0. The second kappa shape index (κ2) is 52.6. The molecule has 2 N–H and O–H groups in total. The minimum Gasteiger partial charge on any atom is -0.756 e. The number of nitrogens with one attached hydrogen (secondary N) is 1. The van der Waals surface area contributed by atoms with E-state index in [1.54, 1.807) is 6.08 Å². The topological polar surface area (TPSA) is 108 Å². The number of phosphoric acid groups is 1. The third-order valence-electron chi connectivity index (χ3n) is 13.8. The number of hydrogen-bond donors (Lipinski definition) is 2. The molecule has 1 amide bonds. The molecule has 8 nitrogen and oxygen atoms in total. The third-order valence-corrected chi connectivity index (χ3v) is 14.8. The highest BCUT2D eigenvalue weighted by Gasteiger charge is 2.23. The van der Waals surface area contributed by atoms with Crippen LogP contribution in [0, 0.1) is 0 Å². The smallest absolute Gasteiger partial charge is 0.268 e. The SMILES string of the molecule is CCCCCCC/C=C\C/C=C\CCCCCCCCCCCCCCCCCC(=O)NC(COP(=O)([O-])OCC[N+](C)(C)C)C(O)/C=C/CCCCCCCCCCCCCCCCCCCCC. The molecule has 0 fully saturated rings. The second-order valence-corrected chi connectivity index (χ2v) is 23.5. The molecule has 0 spiro atoms. The van der Waals surface area contributed by atoms with Crippen molar-refractivity contribution in [3.63, 3.8) is 0 Å². The highest BCUT2D eigenvalue weighted by atomic mass is 31.2. The van der Waals surface area contributed by atoms with Gasteiger partial charge in [-0.2, -0.15) is 0 Å². The first kappa shape index (κ1) is 68.7. The van der Waals surface area contributed by atoms with Crippen LogP contribution < -0.4 is 10.2 Å². The van der Waals surface area contributed by atoms with Crippen LogP contribution >= 0.6 is 7.82 Å². The van der Waals surface area contributed by atoms with Gasteiger partial charge < -0.3 is 28.8 Å². The number of allylic oxidation sites excluding steroid dienone is 5. The van der Waals surface area contributed by atoms with Gasteiger partial charge >= 0.3 is 0 Å². The largest absolute Gasteiger partial charge is 0.756 e. The van der Waals surface area contributed by atoms with E-state index >= 15 is 0 Å². The average molecular weight is 1010 g/mol. The summed E-state index contributed by atoms with van der Waals surface area (Å²) in [5.74, 6) is -0.193. The van der Waals surface area contributed by atoms with Crippen LogP contribution in [0.4, 0.5) is 0 Å². The number of aliphatic hydroxyl groups is 1. The number of amides is 1. The Bertz CT molecular complexity index is 1230. The fourth-order valence-corrected chi connectivity index (χ4v) is 9.79. The fourth-order valence-electron chi connectivity index (χ4n) is 9.07. The first-order valence-corrected chi connectivity index (χ1v) is 31.8. The lowest BCUT2D eigenvalue weighted by Gasteiger charge is -2.29. The third kappa shape index (κ3) is 54.5. The molecule has 0 rings (SSSR count). The predicted octanol–water partition coefficient (Wildman–Crippen LogP) is 17.9. The Morgan fingerprint density at radius 2 is 0.829 bits per heavy atom. The molecule has 0 aliphatic carbocycles. The van der Waals surface area contributed by atoms with Crippen LogP contribution in [0.2, 0.25) is 0 Å². The van der Waals surface area contributed by atoms with Crippen LogP contribution in [-0.4, -0.2) is 68.5 Å². The van der Waals surface area contributed by atoms with Gasteiger partial charge in [-0.3, -0.25) is 9.36 Å². The zero-order valence-corrected chi connectivity index (χ0v) is 48.1. The molecule has 0 aromatic carbocycles. The summed E-state index contributed by atoms with van der Waals surface area (Å²) in [6.45, 7) is 4.68. The number of likely N-dealkylation sites (N-methyl/N-ethyl adjacent to an activating group) is 1. The standard InChI is InChI=1S/C61H119N2O6P/c1-6-8-10-12-14-16-18-20-22-24-26-28-29-30-31-32-33-35-37-39-41-43-45-47-49-51-53-55-61(65)62-59(58-69-70(66,67)68-57-56-63(3,4)5)60(64)54-52-50-48-46-44-42-40-38-36-34-27-25-23-21-19-17-15-13-11-9-7-2/h18,20,24,26,52,54,59-60,64H,6-17,19,21-23,25,27-51,53,55-58H2,1-5H3,(H-,62,65,66,67)/b20-18-,26-24-,54-52+. The number of nitrogens with zero attached hydrogens (tertiary/aromatic N) is 1. The summed E-state index contributed by atoms with van der Waals surface area (Å²) in [5, 5.41) is 13.9.